The lowest BCUT2D eigenvalue weighted by Gasteiger charge is -2.16. The van der Waals surface area contributed by atoms with Crippen LogP contribution in [0.15, 0.2) is 40.6 Å². The van der Waals surface area contributed by atoms with Crippen molar-refractivity contribution in [2.45, 2.75) is 4.21 Å². The molecule has 1 aromatic carbocycles. The van der Waals surface area contributed by atoms with E-state index in [1.54, 1.807) is 0 Å². The molecule has 2 rings (SSSR count). The number of carbonyl (C=O) groups excluding carboxylic acids is 1. The first-order valence-electron chi connectivity index (χ1n) is 5.06. The molecule has 1 aromatic heterocycles. The van der Waals surface area contributed by atoms with Crippen LogP contribution in [0.5, 0.6) is 0 Å². The van der Waals surface area contributed by atoms with Crippen molar-refractivity contribution in [1.82, 2.24) is 0 Å². The zero-order valence-corrected chi connectivity index (χ0v) is 11.9. The molecular weight excluding hydrogens is 308 g/mol. The standard InChI is InChI=1S/C11H9ClN2O3S2/c12-10-5-6-11(18-10)19(16,17)14(7-15)9-3-1-8(13)2-4-9/h1-7H,13H2. The molecule has 2 aromatic rings. The van der Waals surface area contributed by atoms with E-state index in [2.05, 4.69) is 0 Å². The van der Waals surface area contributed by atoms with E-state index >= 15 is 0 Å². The Kier molecular flexibility index (Phi) is 3.79. The molecule has 5 nitrogen and oxygen atoms in total. The first-order chi connectivity index (χ1) is 8.95. The second kappa shape index (κ2) is 5.20. The molecule has 2 N–H and O–H groups in total. The van der Waals surface area contributed by atoms with Gasteiger partial charge < -0.3 is 5.73 Å². The van der Waals surface area contributed by atoms with Gasteiger partial charge >= 0.3 is 0 Å². The number of benzene rings is 1. The van der Waals surface area contributed by atoms with Crippen molar-refractivity contribution in [2.75, 3.05) is 10.0 Å². The Morgan fingerprint density at radius 3 is 2.26 bits per heavy atom. The highest BCUT2D eigenvalue weighted by molar-refractivity contribution is 7.95. The lowest BCUT2D eigenvalue weighted by molar-refractivity contribution is -0.106. The number of halogens is 1. The molecule has 0 saturated carbocycles. The lowest BCUT2D eigenvalue weighted by Crippen LogP contribution is -2.28. The average molecular weight is 317 g/mol. The minimum absolute atomic E-state index is 0.00132. The van der Waals surface area contributed by atoms with Gasteiger partial charge in [0.2, 0.25) is 6.41 Å². The summed E-state index contributed by atoms with van der Waals surface area (Å²) in [4.78, 5) is 11.1. The number of amides is 1. The number of sulfonamides is 1. The number of thiophene rings is 1. The molecule has 100 valence electrons. The number of nitrogen functional groups attached to an aromatic ring is 1. The van der Waals surface area contributed by atoms with Crippen LogP contribution < -0.4 is 10.0 Å². The average Bonchev–Trinajstić information content (AvgIpc) is 2.80. The first kappa shape index (κ1) is 13.9. The highest BCUT2D eigenvalue weighted by Crippen LogP contribution is 2.30. The van der Waals surface area contributed by atoms with Crippen molar-refractivity contribution in [1.29, 1.82) is 0 Å². The Hall–Kier alpha value is -1.57. The largest absolute Gasteiger partial charge is 0.399 e. The third-order valence-corrected chi connectivity index (χ3v) is 5.67. The topological polar surface area (TPSA) is 80.5 Å². The molecule has 0 unspecified atom stereocenters. The number of nitrogens with two attached hydrogens (primary N) is 1. The van der Waals surface area contributed by atoms with Crippen molar-refractivity contribution in [3.05, 3.63) is 40.7 Å². The van der Waals surface area contributed by atoms with Gasteiger partial charge in [-0.05, 0) is 36.4 Å². The van der Waals surface area contributed by atoms with Crippen molar-refractivity contribution >= 4 is 50.7 Å². The molecule has 1 heterocycles. The van der Waals surface area contributed by atoms with E-state index < -0.39 is 10.0 Å². The maximum absolute atomic E-state index is 12.3. The SMILES string of the molecule is Nc1ccc(N(C=O)S(=O)(=O)c2ccc(Cl)s2)cc1. The van der Waals surface area contributed by atoms with Gasteiger partial charge in [-0.15, -0.1) is 11.3 Å². The maximum atomic E-state index is 12.3. The maximum Gasteiger partial charge on any atom is 0.280 e. The number of anilines is 2. The predicted octanol–water partition coefficient (Wildman–Crippen LogP) is 2.34. The third kappa shape index (κ3) is 2.73. The smallest absolute Gasteiger partial charge is 0.280 e. The summed E-state index contributed by atoms with van der Waals surface area (Å²) < 4.78 is 25.5. The highest BCUT2D eigenvalue weighted by Gasteiger charge is 2.26. The second-order valence-corrected chi connectivity index (χ2v) is 7.31. The first-order valence-corrected chi connectivity index (χ1v) is 7.69. The second-order valence-electron chi connectivity index (χ2n) is 3.56. The lowest BCUT2D eigenvalue weighted by atomic mass is 10.3. The number of carbonyl (C=O) groups is 1. The van der Waals surface area contributed by atoms with E-state index in [1.165, 1.54) is 36.4 Å². The van der Waals surface area contributed by atoms with Gasteiger partial charge in [-0.2, -0.15) is 8.42 Å². The molecule has 0 aliphatic carbocycles. The van der Waals surface area contributed by atoms with Crippen LogP contribution in [0.1, 0.15) is 0 Å². The summed E-state index contributed by atoms with van der Waals surface area (Å²) in [6.07, 6.45) is 0.245. The predicted molar refractivity (Wildman–Crippen MR) is 75.9 cm³/mol. The number of hydrogen-bond acceptors (Lipinski definition) is 5. The van der Waals surface area contributed by atoms with E-state index in [9.17, 15) is 13.2 Å². The molecule has 0 saturated heterocycles. The van der Waals surface area contributed by atoms with Gasteiger partial charge in [-0.1, -0.05) is 11.6 Å². The molecule has 0 atom stereocenters. The van der Waals surface area contributed by atoms with E-state index in [0.717, 1.165) is 11.3 Å². The van der Waals surface area contributed by atoms with Crippen LogP contribution in [-0.2, 0) is 14.8 Å². The van der Waals surface area contributed by atoms with Crippen LogP contribution in [0.2, 0.25) is 4.34 Å². The zero-order chi connectivity index (χ0) is 14.0. The van der Waals surface area contributed by atoms with E-state index in [1.807, 2.05) is 0 Å². The molecule has 0 fully saturated rings. The Morgan fingerprint density at radius 1 is 1.16 bits per heavy atom. The van der Waals surface area contributed by atoms with E-state index in [0.29, 0.717) is 14.3 Å². The Balaban J connectivity index is 2.47. The van der Waals surface area contributed by atoms with Crippen molar-refractivity contribution in [3.63, 3.8) is 0 Å². The van der Waals surface area contributed by atoms with Crippen LogP contribution in [0, 0.1) is 0 Å². The van der Waals surface area contributed by atoms with Gasteiger partial charge in [0.25, 0.3) is 10.0 Å². The van der Waals surface area contributed by atoms with Crippen molar-refractivity contribution in [2.24, 2.45) is 0 Å². The Bertz CT molecular complexity index is 695. The third-order valence-electron chi connectivity index (χ3n) is 2.31. The van der Waals surface area contributed by atoms with Gasteiger partial charge in [-0.3, -0.25) is 4.79 Å². The minimum atomic E-state index is -3.94. The summed E-state index contributed by atoms with van der Waals surface area (Å²) in [7, 11) is -3.94. The molecule has 0 aliphatic heterocycles. The molecule has 1 amide bonds. The van der Waals surface area contributed by atoms with Gasteiger partial charge in [0, 0.05) is 5.69 Å². The van der Waals surface area contributed by atoms with Crippen molar-refractivity contribution < 1.29 is 13.2 Å². The van der Waals surface area contributed by atoms with Crippen LogP contribution in [0.3, 0.4) is 0 Å². The number of nitrogens with zero attached hydrogens (tertiary/aromatic N) is 1. The van der Waals surface area contributed by atoms with E-state index in [4.69, 9.17) is 17.3 Å². The summed E-state index contributed by atoms with van der Waals surface area (Å²) in [6, 6.07) is 8.76. The van der Waals surface area contributed by atoms with Crippen LogP contribution >= 0.6 is 22.9 Å². The fourth-order valence-electron chi connectivity index (χ4n) is 1.41. The summed E-state index contributed by atoms with van der Waals surface area (Å²) >= 11 is 6.60. The molecular formula is C11H9ClN2O3S2. The quantitative estimate of drug-likeness (QED) is 0.693. The molecule has 8 heteroatoms. The fourth-order valence-corrected chi connectivity index (χ4v) is 4.20. The van der Waals surface area contributed by atoms with Crippen LogP contribution in [-0.4, -0.2) is 14.8 Å². The number of hydrogen-bond donors (Lipinski definition) is 1. The summed E-state index contributed by atoms with van der Waals surface area (Å²) in [5.41, 5.74) is 6.21. The molecule has 0 bridgehead atoms. The normalized spacial score (nSPS) is 11.2. The van der Waals surface area contributed by atoms with Crippen LogP contribution in [0.4, 0.5) is 11.4 Å². The van der Waals surface area contributed by atoms with Crippen LogP contribution in [0.25, 0.3) is 0 Å². The monoisotopic (exact) mass is 316 g/mol. The summed E-state index contributed by atoms with van der Waals surface area (Å²) in [5.74, 6) is 0. The fraction of sp³-hybridized carbons (Fsp3) is 0. The highest BCUT2D eigenvalue weighted by atomic mass is 35.5. The van der Waals surface area contributed by atoms with Gasteiger partial charge in [0.15, 0.2) is 0 Å². The van der Waals surface area contributed by atoms with Gasteiger partial charge in [0.05, 0.1) is 10.0 Å². The molecule has 0 spiro atoms. The summed E-state index contributed by atoms with van der Waals surface area (Å²) in [5, 5.41) is 0. The van der Waals surface area contributed by atoms with Gasteiger partial charge in [-0.25, -0.2) is 4.31 Å². The van der Waals surface area contributed by atoms with E-state index in [-0.39, 0.29) is 16.3 Å². The van der Waals surface area contributed by atoms with Crippen molar-refractivity contribution in [3.8, 4) is 0 Å². The molecule has 0 radical (unpaired) electrons. The Labute approximate surface area is 119 Å². The molecule has 19 heavy (non-hydrogen) atoms. The van der Waals surface area contributed by atoms with Gasteiger partial charge in [0.1, 0.15) is 4.21 Å². The number of rotatable bonds is 4. The summed E-state index contributed by atoms with van der Waals surface area (Å²) in [6.45, 7) is 0. The molecule has 0 aliphatic rings. The Morgan fingerprint density at radius 2 is 1.79 bits per heavy atom. The minimum Gasteiger partial charge on any atom is -0.399 e. The zero-order valence-electron chi connectivity index (χ0n) is 9.49.